The number of aliphatic carboxylic acids is 4. The third kappa shape index (κ3) is 11.2. The van der Waals surface area contributed by atoms with Crippen molar-refractivity contribution in [2.75, 3.05) is 13.2 Å². The summed E-state index contributed by atoms with van der Waals surface area (Å²) in [6, 6.07) is 0. The Labute approximate surface area is 208 Å². The summed E-state index contributed by atoms with van der Waals surface area (Å²) in [6.07, 6.45) is 3.23. The van der Waals surface area contributed by atoms with Gasteiger partial charge in [-0.05, 0) is 39.0 Å². The minimum atomic E-state index is -1.25. The molecule has 0 bridgehead atoms. The van der Waals surface area contributed by atoms with Crippen molar-refractivity contribution in [3.05, 3.63) is 24.8 Å². The molecule has 202 valence electrons. The van der Waals surface area contributed by atoms with Crippen molar-refractivity contribution in [2.24, 2.45) is 17.3 Å². The van der Waals surface area contributed by atoms with E-state index < -0.39 is 59.5 Å². The first-order valence-electron chi connectivity index (χ1n) is 11.3. The smallest absolute Gasteiger partial charge is 0.333 e. The predicted octanol–water partition coefficient (Wildman–Crippen LogP) is 2.51. The largest absolute Gasteiger partial charge is 0.481 e. The molecule has 1 aliphatic carbocycles. The summed E-state index contributed by atoms with van der Waals surface area (Å²) in [6.45, 7) is 8.02. The Morgan fingerprint density at radius 3 is 2.14 bits per heavy atom. The number of carboxylic acids is 4. The molecule has 0 amide bonds. The molecule has 1 fully saturated rings. The monoisotopic (exact) mass is 514 g/mol. The molecule has 0 radical (unpaired) electrons. The number of carbonyl (C=O) groups excluding carboxylic acids is 2. The third-order valence-corrected chi connectivity index (χ3v) is 5.75. The zero-order valence-corrected chi connectivity index (χ0v) is 20.3. The van der Waals surface area contributed by atoms with Gasteiger partial charge in [0.05, 0.1) is 36.9 Å². The van der Waals surface area contributed by atoms with Crippen LogP contribution in [0.2, 0.25) is 0 Å². The Balaban J connectivity index is 0.000000700. The molecule has 12 heteroatoms. The van der Waals surface area contributed by atoms with E-state index >= 15 is 0 Å². The van der Waals surface area contributed by atoms with Crippen molar-refractivity contribution >= 4 is 35.8 Å². The number of esters is 2. The van der Waals surface area contributed by atoms with Gasteiger partial charge in [0, 0.05) is 11.6 Å². The maximum Gasteiger partial charge on any atom is 0.333 e. The van der Waals surface area contributed by atoms with Crippen LogP contribution in [0.4, 0.5) is 0 Å². The average Bonchev–Trinajstić information content (AvgIpc) is 2.80. The number of hydrogen-bond donors (Lipinski definition) is 4. The Kier molecular flexibility index (Phi) is 14.4. The van der Waals surface area contributed by atoms with Crippen molar-refractivity contribution in [1.82, 2.24) is 0 Å². The lowest BCUT2D eigenvalue weighted by atomic mass is 9.64. The molecule has 0 aromatic heterocycles. The van der Waals surface area contributed by atoms with Gasteiger partial charge in [0.1, 0.15) is 0 Å². The van der Waals surface area contributed by atoms with E-state index in [1.54, 1.807) is 0 Å². The molecule has 0 heterocycles. The van der Waals surface area contributed by atoms with E-state index in [1.165, 1.54) is 6.92 Å². The van der Waals surface area contributed by atoms with Crippen molar-refractivity contribution in [3.8, 4) is 0 Å². The van der Waals surface area contributed by atoms with Crippen molar-refractivity contribution in [1.29, 1.82) is 0 Å². The number of ether oxygens (including phenoxy) is 2. The van der Waals surface area contributed by atoms with E-state index in [0.717, 1.165) is 12.5 Å². The van der Waals surface area contributed by atoms with Gasteiger partial charge in [0.25, 0.3) is 0 Å². The molecule has 0 saturated heterocycles. The lowest BCUT2D eigenvalue weighted by Crippen LogP contribution is -2.45. The number of carbonyl (C=O) groups is 6. The normalized spacial score (nSPS) is 19.4. The maximum absolute atomic E-state index is 11.6. The molecule has 0 spiro atoms. The van der Waals surface area contributed by atoms with Gasteiger partial charge >= 0.3 is 35.8 Å². The summed E-state index contributed by atoms with van der Waals surface area (Å²) in [7, 11) is 0. The molecule has 0 aliphatic heterocycles. The fraction of sp³-hybridized carbons (Fsp3) is 0.583. The first-order chi connectivity index (χ1) is 16.8. The Morgan fingerprint density at radius 2 is 1.67 bits per heavy atom. The Hall–Kier alpha value is -3.70. The van der Waals surface area contributed by atoms with E-state index in [2.05, 4.69) is 17.9 Å². The van der Waals surface area contributed by atoms with E-state index in [-0.39, 0.29) is 31.6 Å². The maximum atomic E-state index is 11.6. The fourth-order valence-corrected chi connectivity index (χ4v) is 3.82. The van der Waals surface area contributed by atoms with Gasteiger partial charge in [0.2, 0.25) is 0 Å². The lowest BCUT2D eigenvalue weighted by Gasteiger charge is -2.38. The van der Waals surface area contributed by atoms with Crippen LogP contribution in [0.5, 0.6) is 0 Å². The highest BCUT2D eigenvalue weighted by molar-refractivity contribution is 5.87. The zero-order chi connectivity index (χ0) is 27.9. The van der Waals surface area contributed by atoms with Crippen LogP contribution >= 0.6 is 0 Å². The summed E-state index contributed by atoms with van der Waals surface area (Å²) < 4.78 is 9.48. The topological polar surface area (TPSA) is 202 Å². The van der Waals surface area contributed by atoms with Crippen molar-refractivity contribution < 1.29 is 58.7 Å². The number of hydrogen-bond acceptors (Lipinski definition) is 8. The summed E-state index contributed by atoms with van der Waals surface area (Å²) in [4.78, 5) is 65.7. The van der Waals surface area contributed by atoms with Gasteiger partial charge in [-0.3, -0.25) is 19.2 Å². The molecule has 1 saturated carbocycles. The van der Waals surface area contributed by atoms with Crippen LogP contribution in [0.15, 0.2) is 24.8 Å². The first-order valence-corrected chi connectivity index (χ1v) is 11.3. The summed E-state index contributed by atoms with van der Waals surface area (Å²) >= 11 is 0. The minimum Gasteiger partial charge on any atom is -0.481 e. The number of carboxylic acid groups (broad SMARTS) is 4. The minimum absolute atomic E-state index is 0.0271. The third-order valence-electron chi connectivity index (χ3n) is 5.75. The van der Waals surface area contributed by atoms with E-state index in [9.17, 15) is 39.0 Å². The predicted molar refractivity (Wildman–Crippen MR) is 124 cm³/mol. The molecule has 1 aliphatic rings. The lowest BCUT2D eigenvalue weighted by molar-refractivity contribution is -0.167. The molecule has 12 nitrogen and oxygen atoms in total. The second-order valence-electron chi connectivity index (χ2n) is 8.41. The van der Waals surface area contributed by atoms with Crippen LogP contribution in [0.3, 0.4) is 0 Å². The van der Waals surface area contributed by atoms with Crippen LogP contribution < -0.4 is 0 Å². The second kappa shape index (κ2) is 16.1. The fourth-order valence-electron chi connectivity index (χ4n) is 3.82. The second-order valence-corrected chi connectivity index (χ2v) is 8.41. The quantitative estimate of drug-likeness (QED) is 0.150. The van der Waals surface area contributed by atoms with E-state index in [1.807, 2.05) is 0 Å². The number of rotatable bonds is 14. The molecule has 0 aromatic carbocycles. The molecule has 0 aromatic rings. The molecular weight excluding hydrogens is 480 g/mol. The molecule has 4 N–H and O–H groups in total. The molecule has 36 heavy (non-hydrogen) atoms. The van der Waals surface area contributed by atoms with Crippen LogP contribution in [0.25, 0.3) is 0 Å². The highest BCUT2D eigenvalue weighted by atomic mass is 16.5. The van der Waals surface area contributed by atoms with Crippen LogP contribution in [-0.2, 0) is 38.2 Å². The zero-order valence-electron chi connectivity index (χ0n) is 20.3. The summed E-state index contributed by atoms with van der Waals surface area (Å²) in [5.74, 6) is -7.63. The van der Waals surface area contributed by atoms with E-state index in [0.29, 0.717) is 25.7 Å². The van der Waals surface area contributed by atoms with Gasteiger partial charge in [-0.2, -0.15) is 0 Å². The van der Waals surface area contributed by atoms with Gasteiger partial charge in [-0.1, -0.05) is 26.0 Å². The van der Waals surface area contributed by atoms with Crippen LogP contribution in [-0.4, -0.2) is 69.5 Å². The Bertz CT molecular complexity index is 846. The summed E-state index contributed by atoms with van der Waals surface area (Å²) in [5.41, 5.74) is -1.03. The highest BCUT2D eigenvalue weighted by Gasteiger charge is 2.50. The van der Waals surface area contributed by atoms with Crippen LogP contribution in [0, 0.1) is 17.3 Å². The van der Waals surface area contributed by atoms with Gasteiger partial charge < -0.3 is 29.9 Å². The SMILES string of the molecule is C=C(C)C(=O)OCCC(CC(=O)O)C(=O)O.C=CC(=O)OCCCC1(C(=O)O)CCCCC1C(=O)O. The Morgan fingerprint density at radius 1 is 1.03 bits per heavy atom. The molecule has 3 unspecified atom stereocenters. The standard InChI is InChI=1S/C14H20O6.C10H14O6/c1-2-11(15)20-9-5-8-14(13(18)19)7-4-3-6-10(14)12(16)17;1-6(2)10(15)16-4-3-7(9(13)14)5-8(11)12/h2,10H,1,3-9H2,(H,16,17)(H,18,19);7H,1,3-5H2,2H3,(H,11,12)(H,13,14). The van der Waals surface area contributed by atoms with Gasteiger partial charge in [-0.15, -0.1) is 0 Å². The highest BCUT2D eigenvalue weighted by Crippen LogP contribution is 2.45. The average molecular weight is 515 g/mol. The van der Waals surface area contributed by atoms with Crippen molar-refractivity contribution in [3.63, 3.8) is 0 Å². The van der Waals surface area contributed by atoms with Gasteiger partial charge in [-0.25, -0.2) is 9.59 Å². The van der Waals surface area contributed by atoms with Gasteiger partial charge in [0.15, 0.2) is 0 Å². The summed E-state index contributed by atoms with van der Waals surface area (Å²) in [5, 5.41) is 35.8. The molecule has 3 atom stereocenters. The first kappa shape index (κ1) is 32.3. The van der Waals surface area contributed by atoms with Crippen LogP contribution in [0.1, 0.15) is 58.3 Å². The molecule has 1 rings (SSSR count). The molecular formula is C24H34O12. The van der Waals surface area contributed by atoms with E-state index in [4.69, 9.17) is 14.9 Å². The van der Waals surface area contributed by atoms with Crippen molar-refractivity contribution in [2.45, 2.75) is 58.3 Å².